The smallest absolute Gasteiger partial charge is 0.125 e. The molecule has 0 amide bonds. The third kappa shape index (κ3) is 3.17. The van der Waals surface area contributed by atoms with Gasteiger partial charge in [0.05, 0.1) is 6.04 Å². The lowest BCUT2D eigenvalue weighted by Crippen LogP contribution is -2.22. The molecule has 19 heavy (non-hydrogen) atoms. The van der Waals surface area contributed by atoms with Gasteiger partial charge in [0.25, 0.3) is 0 Å². The van der Waals surface area contributed by atoms with Crippen molar-refractivity contribution < 1.29 is 8.81 Å². The molecule has 0 radical (unpaired) electrons. The van der Waals surface area contributed by atoms with Gasteiger partial charge in [-0.2, -0.15) is 0 Å². The van der Waals surface area contributed by atoms with Gasteiger partial charge in [0, 0.05) is 11.4 Å². The van der Waals surface area contributed by atoms with Gasteiger partial charge in [-0.15, -0.1) is 0 Å². The number of furan rings is 1. The highest BCUT2D eigenvalue weighted by Crippen LogP contribution is 2.30. The molecule has 0 aliphatic carbocycles. The van der Waals surface area contributed by atoms with E-state index in [2.05, 4.69) is 5.32 Å². The maximum Gasteiger partial charge on any atom is 0.125 e. The van der Waals surface area contributed by atoms with Crippen LogP contribution in [0, 0.1) is 5.82 Å². The van der Waals surface area contributed by atoms with E-state index in [0.717, 1.165) is 24.5 Å². The van der Waals surface area contributed by atoms with Crippen molar-refractivity contribution in [3.63, 3.8) is 0 Å². The minimum atomic E-state index is -0.301. The molecule has 0 aliphatic rings. The summed E-state index contributed by atoms with van der Waals surface area (Å²) in [5.41, 5.74) is 0.695. The van der Waals surface area contributed by atoms with Crippen molar-refractivity contribution in [3.05, 3.63) is 58.3 Å². The van der Waals surface area contributed by atoms with Crippen LogP contribution >= 0.6 is 11.6 Å². The highest BCUT2D eigenvalue weighted by atomic mass is 35.5. The number of hydrogen-bond acceptors (Lipinski definition) is 2. The summed E-state index contributed by atoms with van der Waals surface area (Å²) >= 11 is 6.17. The molecule has 1 aromatic carbocycles. The molecule has 0 aliphatic heterocycles. The largest absolute Gasteiger partial charge is 0.464 e. The molecule has 4 heteroatoms. The van der Waals surface area contributed by atoms with Crippen LogP contribution in [0.3, 0.4) is 0 Å². The SMILES string of the molecule is CCNC(c1ccc(CC)o1)c1cc(F)ccc1Cl. The van der Waals surface area contributed by atoms with E-state index in [1.807, 2.05) is 26.0 Å². The van der Waals surface area contributed by atoms with Gasteiger partial charge in [0.1, 0.15) is 17.3 Å². The Morgan fingerprint density at radius 3 is 2.68 bits per heavy atom. The van der Waals surface area contributed by atoms with Crippen molar-refractivity contribution in [1.82, 2.24) is 5.32 Å². The molecule has 2 aromatic rings. The van der Waals surface area contributed by atoms with Gasteiger partial charge < -0.3 is 9.73 Å². The molecule has 1 atom stereocenters. The third-order valence-electron chi connectivity index (χ3n) is 2.99. The van der Waals surface area contributed by atoms with Crippen LogP contribution in [0.15, 0.2) is 34.7 Å². The van der Waals surface area contributed by atoms with E-state index in [0.29, 0.717) is 10.6 Å². The highest BCUT2D eigenvalue weighted by molar-refractivity contribution is 6.31. The molecule has 2 nitrogen and oxygen atoms in total. The molecular weight excluding hydrogens is 265 g/mol. The molecule has 0 spiro atoms. The monoisotopic (exact) mass is 281 g/mol. The molecule has 1 aromatic heterocycles. The van der Waals surface area contributed by atoms with Crippen LogP contribution in [0.2, 0.25) is 5.02 Å². The summed E-state index contributed by atoms with van der Waals surface area (Å²) in [6.07, 6.45) is 0.829. The quantitative estimate of drug-likeness (QED) is 0.882. The zero-order valence-corrected chi connectivity index (χ0v) is 11.8. The molecule has 2 rings (SSSR count). The van der Waals surface area contributed by atoms with E-state index < -0.39 is 0 Å². The average Bonchev–Trinajstić information content (AvgIpc) is 2.88. The van der Waals surface area contributed by atoms with E-state index in [-0.39, 0.29) is 11.9 Å². The summed E-state index contributed by atoms with van der Waals surface area (Å²) in [5, 5.41) is 3.81. The second-order valence-electron chi connectivity index (χ2n) is 4.31. The lowest BCUT2D eigenvalue weighted by Gasteiger charge is -2.17. The van der Waals surface area contributed by atoms with E-state index in [1.54, 1.807) is 6.07 Å². The van der Waals surface area contributed by atoms with Crippen LogP contribution in [-0.2, 0) is 6.42 Å². The van der Waals surface area contributed by atoms with Crippen LogP contribution in [0.5, 0.6) is 0 Å². The van der Waals surface area contributed by atoms with E-state index >= 15 is 0 Å². The van der Waals surface area contributed by atoms with Gasteiger partial charge in [-0.05, 0) is 42.4 Å². The Balaban J connectivity index is 2.41. The Labute approximate surface area is 117 Å². The first-order valence-electron chi connectivity index (χ1n) is 6.42. The highest BCUT2D eigenvalue weighted by Gasteiger charge is 2.20. The molecule has 1 heterocycles. The van der Waals surface area contributed by atoms with Gasteiger partial charge in [-0.3, -0.25) is 0 Å². The van der Waals surface area contributed by atoms with Crippen molar-refractivity contribution in [1.29, 1.82) is 0 Å². The third-order valence-corrected chi connectivity index (χ3v) is 3.34. The fourth-order valence-corrected chi connectivity index (χ4v) is 2.27. The van der Waals surface area contributed by atoms with Gasteiger partial charge in [0.2, 0.25) is 0 Å². The molecule has 1 unspecified atom stereocenters. The fraction of sp³-hybridized carbons (Fsp3) is 0.333. The van der Waals surface area contributed by atoms with Crippen molar-refractivity contribution in [3.8, 4) is 0 Å². The van der Waals surface area contributed by atoms with Gasteiger partial charge in [-0.1, -0.05) is 25.4 Å². The van der Waals surface area contributed by atoms with Gasteiger partial charge >= 0.3 is 0 Å². The van der Waals surface area contributed by atoms with Crippen molar-refractivity contribution in [2.45, 2.75) is 26.3 Å². The Kier molecular flexibility index (Phi) is 4.61. The summed E-state index contributed by atoms with van der Waals surface area (Å²) in [6, 6.07) is 7.99. The van der Waals surface area contributed by atoms with Crippen LogP contribution in [-0.4, -0.2) is 6.54 Å². The Bertz CT molecular complexity index is 553. The molecule has 0 saturated carbocycles. The first kappa shape index (κ1) is 14.1. The first-order chi connectivity index (χ1) is 9.15. The average molecular weight is 282 g/mol. The zero-order valence-electron chi connectivity index (χ0n) is 11.0. The van der Waals surface area contributed by atoms with Crippen LogP contribution in [0.1, 0.15) is 37.0 Å². The first-order valence-corrected chi connectivity index (χ1v) is 6.80. The summed E-state index contributed by atoms with van der Waals surface area (Å²) in [7, 11) is 0. The normalized spacial score (nSPS) is 12.6. The number of aryl methyl sites for hydroxylation is 1. The summed E-state index contributed by atoms with van der Waals surface area (Å²) in [6.45, 7) is 4.75. The van der Waals surface area contributed by atoms with E-state index in [1.165, 1.54) is 12.1 Å². The molecular formula is C15H17ClFNO. The molecule has 0 saturated heterocycles. The van der Waals surface area contributed by atoms with Crippen molar-refractivity contribution >= 4 is 11.6 Å². The second-order valence-corrected chi connectivity index (χ2v) is 4.72. The number of halogens is 2. The Morgan fingerprint density at radius 1 is 1.26 bits per heavy atom. The fourth-order valence-electron chi connectivity index (χ4n) is 2.04. The summed E-state index contributed by atoms with van der Waals surface area (Å²) < 4.78 is 19.2. The lowest BCUT2D eigenvalue weighted by atomic mass is 10.0. The van der Waals surface area contributed by atoms with E-state index in [9.17, 15) is 4.39 Å². The number of benzene rings is 1. The summed E-state index contributed by atoms with van der Waals surface area (Å²) in [5.74, 6) is 1.36. The Hall–Kier alpha value is -1.32. The number of rotatable bonds is 5. The van der Waals surface area contributed by atoms with Gasteiger partial charge in [-0.25, -0.2) is 4.39 Å². The summed E-state index contributed by atoms with van der Waals surface area (Å²) in [4.78, 5) is 0. The lowest BCUT2D eigenvalue weighted by molar-refractivity contribution is 0.425. The molecule has 0 fully saturated rings. The zero-order chi connectivity index (χ0) is 13.8. The minimum absolute atomic E-state index is 0.228. The standard InChI is InChI=1S/C15H17ClFNO/c1-3-11-6-8-14(19-11)15(18-4-2)12-9-10(17)5-7-13(12)16/h5-9,15,18H,3-4H2,1-2H3. The van der Waals surface area contributed by atoms with Crippen molar-refractivity contribution in [2.75, 3.05) is 6.54 Å². The molecule has 1 N–H and O–H groups in total. The maximum absolute atomic E-state index is 13.4. The molecule has 102 valence electrons. The van der Waals surface area contributed by atoms with Crippen molar-refractivity contribution in [2.24, 2.45) is 0 Å². The maximum atomic E-state index is 13.4. The topological polar surface area (TPSA) is 25.2 Å². The Morgan fingerprint density at radius 2 is 2.05 bits per heavy atom. The van der Waals surface area contributed by atoms with Gasteiger partial charge in [0.15, 0.2) is 0 Å². The number of hydrogen-bond donors (Lipinski definition) is 1. The molecule has 0 bridgehead atoms. The predicted octanol–water partition coefficient (Wildman–Crippen LogP) is 4.33. The van der Waals surface area contributed by atoms with E-state index in [4.69, 9.17) is 16.0 Å². The minimum Gasteiger partial charge on any atom is -0.464 e. The van der Waals surface area contributed by atoms with Crippen LogP contribution in [0.4, 0.5) is 4.39 Å². The van der Waals surface area contributed by atoms with Crippen LogP contribution < -0.4 is 5.32 Å². The predicted molar refractivity (Wildman–Crippen MR) is 75.0 cm³/mol. The van der Waals surface area contributed by atoms with Crippen LogP contribution in [0.25, 0.3) is 0 Å². The number of nitrogens with one attached hydrogen (secondary N) is 1. The second kappa shape index (κ2) is 6.22.